The molecule has 1 aliphatic carbocycles. The van der Waals surface area contributed by atoms with Crippen molar-refractivity contribution in [3.63, 3.8) is 0 Å². The molecule has 1 atom stereocenters. The van der Waals surface area contributed by atoms with Gasteiger partial charge in [-0.3, -0.25) is 9.59 Å². The first kappa shape index (κ1) is 13.3. The van der Waals surface area contributed by atoms with Crippen molar-refractivity contribution < 1.29 is 14.7 Å². The summed E-state index contributed by atoms with van der Waals surface area (Å²) in [7, 11) is 0. The van der Waals surface area contributed by atoms with Crippen molar-refractivity contribution in [1.82, 2.24) is 4.90 Å². The van der Waals surface area contributed by atoms with Crippen molar-refractivity contribution in [1.29, 1.82) is 0 Å². The minimum absolute atomic E-state index is 0.119. The summed E-state index contributed by atoms with van der Waals surface area (Å²) < 4.78 is 0. The molecule has 18 heavy (non-hydrogen) atoms. The number of carbonyl (C=O) groups excluding carboxylic acids is 1. The van der Waals surface area contributed by atoms with E-state index in [1.54, 1.807) is 0 Å². The third-order valence-electron chi connectivity index (χ3n) is 4.18. The van der Waals surface area contributed by atoms with Crippen LogP contribution in [0.2, 0.25) is 0 Å². The predicted octanol–water partition coefficient (Wildman–Crippen LogP) is 0.827. The van der Waals surface area contributed by atoms with Crippen LogP contribution in [-0.2, 0) is 9.59 Å². The Morgan fingerprint density at radius 1 is 1.17 bits per heavy atom. The van der Waals surface area contributed by atoms with Gasteiger partial charge >= 0.3 is 5.97 Å². The molecule has 0 aromatic rings. The van der Waals surface area contributed by atoms with Crippen molar-refractivity contribution in [2.75, 3.05) is 13.1 Å². The molecular weight excluding hydrogens is 232 g/mol. The maximum absolute atomic E-state index is 12.3. The molecule has 5 nitrogen and oxygen atoms in total. The van der Waals surface area contributed by atoms with E-state index in [4.69, 9.17) is 10.8 Å². The number of nitrogens with two attached hydrogens (primary N) is 1. The van der Waals surface area contributed by atoms with E-state index >= 15 is 0 Å². The van der Waals surface area contributed by atoms with Gasteiger partial charge in [-0.25, -0.2) is 0 Å². The van der Waals surface area contributed by atoms with Crippen molar-refractivity contribution >= 4 is 11.9 Å². The van der Waals surface area contributed by atoms with Gasteiger partial charge in [-0.05, 0) is 38.0 Å². The maximum atomic E-state index is 12.3. The van der Waals surface area contributed by atoms with Gasteiger partial charge in [0.15, 0.2) is 0 Å². The van der Waals surface area contributed by atoms with Crippen LogP contribution in [-0.4, -0.2) is 41.0 Å². The molecule has 1 amide bonds. The fourth-order valence-corrected chi connectivity index (χ4v) is 3.07. The van der Waals surface area contributed by atoms with Crippen LogP contribution in [0.15, 0.2) is 0 Å². The smallest absolute Gasteiger partial charge is 0.303 e. The Balaban J connectivity index is 1.82. The summed E-state index contributed by atoms with van der Waals surface area (Å²) in [6.07, 6.45) is 4.65. The van der Waals surface area contributed by atoms with Crippen LogP contribution < -0.4 is 5.73 Å². The van der Waals surface area contributed by atoms with Crippen LogP contribution in [0.4, 0.5) is 0 Å². The van der Waals surface area contributed by atoms with Gasteiger partial charge in [0.25, 0.3) is 0 Å². The van der Waals surface area contributed by atoms with Crippen molar-refractivity contribution in [2.45, 2.75) is 44.6 Å². The molecule has 5 heteroatoms. The Morgan fingerprint density at radius 2 is 1.83 bits per heavy atom. The molecule has 1 heterocycles. The highest BCUT2D eigenvalue weighted by molar-refractivity contribution is 5.79. The molecule has 1 saturated carbocycles. The fraction of sp³-hybridized carbons (Fsp3) is 0.846. The van der Waals surface area contributed by atoms with E-state index in [9.17, 15) is 9.59 Å². The highest BCUT2D eigenvalue weighted by atomic mass is 16.4. The number of carbonyl (C=O) groups is 2. The molecular formula is C13H22N2O3. The van der Waals surface area contributed by atoms with E-state index in [-0.39, 0.29) is 30.2 Å². The molecule has 1 unspecified atom stereocenters. The zero-order valence-electron chi connectivity index (χ0n) is 10.7. The standard InChI is InChI=1S/C13H22N2O3/c14-11-3-1-10(2-4-11)13(18)15-6-5-9(8-15)7-12(16)17/h9-11H,1-8,14H2,(H,16,17). The van der Waals surface area contributed by atoms with E-state index < -0.39 is 5.97 Å². The van der Waals surface area contributed by atoms with E-state index in [0.29, 0.717) is 6.54 Å². The predicted molar refractivity (Wildman–Crippen MR) is 66.9 cm³/mol. The van der Waals surface area contributed by atoms with Crippen LogP contribution in [0, 0.1) is 11.8 Å². The third-order valence-corrected chi connectivity index (χ3v) is 4.18. The number of hydrogen-bond acceptors (Lipinski definition) is 3. The molecule has 3 N–H and O–H groups in total. The van der Waals surface area contributed by atoms with Crippen LogP contribution in [0.25, 0.3) is 0 Å². The molecule has 2 fully saturated rings. The Labute approximate surface area is 107 Å². The highest BCUT2D eigenvalue weighted by Crippen LogP contribution is 2.28. The fourth-order valence-electron chi connectivity index (χ4n) is 3.07. The zero-order chi connectivity index (χ0) is 13.1. The average Bonchev–Trinajstić information content (AvgIpc) is 2.76. The quantitative estimate of drug-likeness (QED) is 0.781. The first-order chi connectivity index (χ1) is 8.56. The van der Waals surface area contributed by atoms with Gasteiger partial charge in [0.1, 0.15) is 0 Å². The SMILES string of the molecule is NC1CCC(C(=O)N2CCC(CC(=O)O)C2)CC1. The number of nitrogens with zero attached hydrogens (tertiary/aromatic N) is 1. The van der Waals surface area contributed by atoms with Crippen LogP contribution >= 0.6 is 0 Å². The summed E-state index contributed by atoms with van der Waals surface area (Å²) in [4.78, 5) is 24.8. The van der Waals surface area contributed by atoms with Crippen molar-refractivity contribution in [3.05, 3.63) is 0 Å². The molecule has 1 saturated heterocycles. The second-order valence-electron chi connectivity index (χ2n) is 5.65. The molecule has 2 rings (SSSR count). The van der Waals surface area contributed by atoms with Crippen molar-refractivity contribution in [3.8, 4) is 0 Å². The van der Waals surface area contributed by atoms with Crippen LogP contribution in [0.3, 0.4) is 0 Å². The lowest BCUT2D eigenvalue weighted by Gasteiger charge is -2.28. The average molecular weight is 254 g/mol. The Hall–Kier alpha value is -1.10. The minimum Gasteiger partial charge on any atom is -0.481 e. The first-order valence-corrected chi connectivity index (χ1v) is 6.82. The number of hydrogen-bond donors (Lipinski definition) is 2. The first-order valence-electron chi connectivity index (χ1n) is 6.82. The summed E-state index contributed by atoms with van der Waals surface area (Å²) in [5, 5.41) is 8.76. The molecule has 0 aromatic carbocycles. The second kappa shape index (κ2) is 5.69. The minimum atomic E-state index is -0.766. The molecule has 0 spiro atoms. The number of aliphatic carboxylic acids is 1. The Kier molecular flexibility index (Phi) is 4.22. The van der Waals surface area contributed by atoms with E-state index in [2.05, 4.69) is 0 Å². The van der Waals surface area contributed by atoms with E-state index in [1.807, 2.05) is 4.90 Å². The molecule has 102 valence electrons. The number of likely N-dealkylation sites (tertiary alicyclic amines) is 1. The summed E-state index contributed by atoms with van der Waals surface area (Å²) in [5.74, 6) is -0.293. The molecule has 1 aliphatic heterocycles. The van der Waals surface area contributed by atoms with Crippen molar-refractivity contribution in [2.24, 2.45) is 17.6 Å². The number of rotatable bonds is 3. The summed E-state index contributed by atoms with van der Waals surface area (Å²) in [6.45, 7) is 1.34. The van der Waals surface area contributed by atoms with Gasteiger partial charge in [-0.2, -0.15) is 0 Å². The van der Waals surface area contributed by atoms with Gasteiger partial charge in [0.2, 0.25) is 5.91 Å². The topological polar surface area (TPSA) is 83.6 Å². The third kappa shape index (κ3) is 3.22. The van der Waals surface area contributed by atoms with Gasteiger partial charge in [0, 0.05) is 31.5 Å². The van der Waals surface area contributed by atoms with E-state index in [1.165, 1.54) is 0 Å². The van der Waals surface area contributed by atoms with Gasteiger partial charge in [-0.15, -0.1) is 0 Å². The normalized spacial score (nSPS) is 32.5. The number of carboxylic acids is 1. The largest absolute Gasteiger partial charge is 0.481 e. The summed E-state index contributed by atoms with van der Waals surface area (Å²) in [5.41, 5.74) is 5.84. The lowest BCUT2D eigenvalue weighted by Crippen LogP contribution is -2.38. The molecule has 0 bridgehead atoms. The van der Waals surface area contributed by atoms with Gasteiger partial charge in [-0.1, -0.05) is 0 Å². The van der Waals surface area contributed by atoms with E-state index in [0.717, 1.165) is 38.6 Å². The molecule has 0 radical (unpaired) electrons. The number of amides is 1. The lowest BCUT2D eigenvalue weighted by atomic mass is 9.85. The summed E-state index contributed by atoms with van der Waals surface area (Å²) in [6, 6.07) is 0.257. The summed E-state index contributed by atoms with van der Waals surface area (Å²) >= 11 is 0. The monoisotopic (exact) mass is 254 g/mol. The Morgan fingerprint density at radius 3 is 2.44 bits per heavy atom. The maximum Gasteiger partial charge on any atom is 0.303 e. The molecule has 0 aromatic heterocycles. The number of carboxylic acid groups (broad SMARTS) is 1. The lowest BCUT2D eigenvalue weighted by molar-refractivity contribution is -0.139. The molecule has 2 aliphatic rings. The second-order valence-corrected chi connectivity index (χ2v) is 5.65. The van der Waals surface area contributed by atoms with Gasteiger partial charge < -0.3 is 15.7 Å². The highest BCUT2D eigenvalue weighted by Gasteiger charge is 2.33. The zero-order valence-corrected chi connectivity index (χ0v) is 10.7. The van der Waals surface area contributed by atoms with Gasteiger partial charge in [0.05, 0.1) is 0 Å². The van der Waals surface area contributed by atoms with Crippen LogP contribution in [0.5, 0.6) is 0 Å². The van der Waals surface area contributed by atoms with Crippen LogP contribution in [0.1, 0.15) is 38.5 Å². The Bertz CT molecular complexity index is 324.